The number of nitrogens with zero attached hydrogens (tertiary/aromatic N) is 2. The van der Waals surface area contributed by atoms with Gasteiger partial charge in [-0.3, -0.25) is 0 Å². The number of anilines is 6. The maximum Gasteiger partial charge on any atom is 0.0462 e. The summed E-state index contributed by atoms with van der Waals surface area (Å²) in [7, 11) is 0. The molecule has 0 spiro atoms. The van der Waals surface area contributed by atoms with Gasteiger partial charge in [0.2, 0.25) is 0 Å². The second-order valence-electron chi connectivity index (χ2n) is 13.5. The van der Waals surface area contributed by atoms with Crippen LogP contribution in [0.15, 0.2) is 206 Å². The van der Waals surface area contributed by atoms with Crippen LogP contribution in [-0.4, -0.2) is 0 Å². The van der Waals surface area contributed by atoms with Crippen LogP contribution in [-0.2, 0) is 0 Å². The molecule has 0 unspecified atom stereocenters. The van der Waals surface area contributed by atoms with Crippen LogP contribution in [0.5, 0.6) is 0 Å². The van der Waals surface area contributed by atoms with E-state index in [2.05, 4.69) is 240 Å². The minimum absolute atomic E-state index is 1.13. The summed E-state index contributed by atoms with van der Waals surface area (Å²) in [6.45, 7) is 0. The molecule has 9 rings (SSSR count). The predicted molar refractivity (Wildman–Crippen MR) is 239 cm³/mol. The number of fused-ring (bicyclic) bond motifs is 3. The molecule has 8 aromatic carbocycles. The summed E-state index contributed by atoms with van der Waals surface area (Å²) < 4.78 is 2.60. The first-order valence-corrected chi connectivity index (χ1v) is 19.4. The fourth-order valence-corrected chi connectivity index (χ4v) is 8.14. The third-order valence-corrected chi connectivity index (χ3v) is 11.0. The molecule has 0 fully saturated rings. The predicted octanol–water partition coefficient (Wildman–Crippen LogP) is 15.3. The van der Waals surface area contributed by atoms with Crippen molar-refractivity contribution < 1.29 is 0 Å². The van der Waals surface area contributed by atoms with Gasteiger partial charge in [0.05, 0.1) is 0 Å². The van der Waals surface area contributed by atoms with E-state index in [4.69, 9.17) is 0 Å². The van der Waals surface area contributed by atoms with Crippen LogP contribution < -0.4 is 9.80 Å². The molecule has 0 saturated carbocycles. The number of rotatable bonds is 10. The summed E-state index contributed by atoms with van der Waals surface area (Å²) >= 11 is 1.85. The van der Waals surface area contributed by atoms with Crippen LogP contribution in [0.3, 0.4) is 0 Å². The van der Waals surface area contributed by atoms with E-state index in [1.807, 2.05) is 11.3 Å². The lowest BCUT2D eigenvalue weighted by Gasteiger charge is -2.25. The van der Waals surface area contributed by atoms with Gasteiger partial charge in [-0.25, -0.2) is 0 Å². The molecular weight excluding hydrogens is 685 g/mol. The van der Waals surface area contributed by atoms with Crippen molar-refractivity contribution in [2.24, 2.45) is 0 Å². The number of hydrogen-bond acceptors (Lipinski definition) is 3. The molecule has 3 heteroatoms. The Balaban J connectivity index is 0.937. The minimum atomic E-state index is 1.13. The topological polar surface area (TPSA) is 6.48 Å². The van der Waals surface area contributed by atoms with Crippen molar-refractivity contribution >= 4 is 89.9 Å². The first-order chi connectivity index (χ1) is 27.2. The zero-order valence-corrected chi connectivity index (χ0v) is 31.1. The monoisotopic (exact) mass is 722 g/mol. The van der Waals surface area contributed by atoms with Crippen molar-refractivity contribution in [3.63, 3.8) is 0 Å². The smallest absolute Gasteiger partial charge is 0.0462 e. The Morgan fingerprint density at radius 2 is 0.545 bits per heavy atom. The first kappa shape index (κ1) is 33.9. The number of benzene rings is 8. The van der Waals surface area contributed by atoms with Crippen LogP contribution in [0.4, 0.5) is 34.1 Å². The highest BCUT2D eigenvalue weighted by atomic mass is 32.1. The van der Waals surface area contributed by atoms with Gasteiger partial charge in [-0.15, -0.1) is 11.3 Å². The largest absolute Gasteiger partial charge is 0.311 e. The highest BCUT2D eigenvalue weighted by Crippen LogP contribution is 2.38. The number of para-hydroxylation sites is 4. The minimum Gasteiger partial charge on any atom is -0.311 e. The maximum absolute atomic E-state index is 2.32. The van der Waals surface area contributed by atoms with Crippen molar-refractivity contribution in [2.75, 3.05) is 9.80 Å². The second-order valence-corrected chi connectivity index (χ2v) is 14.6. The van der Waals surface area contributed by atoms with Gasteiger partial charge < -0.3 is 9.80 Å². The van der Waals surface area contributed by atoms with Gasteiger partial charge in [-0.1, -0.05) is 133 Å². The SMILES string of the molecule is C(=C\c1ccc2sc3ccc(/C=C/c4ccc(N(c5ccccc5)c5ccccc5)cc4)cc3c2c1)/c1ccc(N(c2ccccc2)c2ccccc2)cc1. The Bertz CT molecular complexity index is 2450. The lowest BCUT2D eigenvalue weighted by molar-refractivity contribution is 1.28. The third-order valence-electron chi connectivity index (χ3n) is 9.81. The lowest BCUT2D eigenvalue weighted by atomic mass is 10.0. The zero-order valence-electron chi connectivity index (χ0n) is 30.2. The molecular formula is C52H38N2S. The first-order valence-electron chi connectivity index (χ1n) is 18.6. The molecule has 9 aromatic rings. The summed E-state index contributed by atoms with van der Waals surface area (Å²) in [5, 5.41) is 2.58. The van der Waals surface area contributed by atoms with Gasteiger partial charge in [-0.2, -0.15) is 0 Å². The third kappa shape index (κ3) is 7.48. The Labute approximate surface area is 326 Å². The van der Waals surface area contributed by atoms with Crippen molar-refractivity contribution in [1.29, 1.82) is 0 Å². The van der Waals surface area contributed by atoms with Crippen LogP contribution in [0.25, 0.3) is 44.5 Å². The Morgan fingerprint density at radius 1 is 0.273 bits per heavy atom. The van der Waals surface area contributed by atoms with Crippen molar-refractivity contribution in [2.45, 2.75) is 0 Å². The Hall–Kier alpha value is -6.94. The molecule has 1 heterocycles. The lowest BCUT2D eigenvalue weighted by Crippen LogP contribution is -2.09. The molecule has 0 saturated heterocycles. The second kappa shape index (κ2) is 15.6. The summed E-state index contributed by atoms with van der Waals surface area (Å²) in [4.78, 5) is 4.57. The number of thiophene rings is 1. The van der Waals surface area contributed by atoms with Gasteiger partial charge in [0.15, 0.2) is 0 Å². The van der Waals surface area contributed by atoms with E-state index in [1.54, 1.807) is 0 Å². The normalized spacial score (nSPS) is 11.5. The number of hydrogen-bond donors (Lipinski definition) is 0. The van der Waals surface area contributed by atoms with Crippen molar-refractivity contribution in [1.82, 2.24) is 0 Å². The fourth-order valence-electron chi connectivity index (χ4n) is 7.08. The van der Waals surface area contributed by atoms with E-state index >= 15 is 0 Å². The van der Waals surface area contributed by atoms with Crippen LogP contribution in [0, 0.1) is 0 Å². The van der Waals surface area contributed by atoms with Gasteiger partial charge in [0.25, 0.3) is 0 Å². The molecule has 262 valence electrons. The van der Waals surface area contributed by atoms with E-state index in [9.17, 15) is 0 Å². The van der Waals surface area contributed by atoms with E-state index in [-0.39, 0.29) is 0 Å². The highest BCUT2D eigenvalue weighted by molar-refractivity contribution is 7.25. The molecule has 55 heavy (non-hydrogen) atoms. The fraction of sp³-hybridized carbons (Fsp3) is 0. The molecule has 0 radical (unpaired) electrons. The molecule has 0 amide bonds. The van der Waals surface area contributed by atoms with Crippen LogP contribution >= 0.6 is 11.3 Å². The molecule has 2 nitrogen and oxygen atoms in total. The molecule has 0 bridgehead atoms. The molecule has 0 aliphatic rings. The molecule has 0 N–H and O–H groups in total. The summed E-state index contributed by atoms with van der Waals surface area (Å²) in [6, 6.07) is 73.2. The van der Waals surface area contributed by atoms with E-state index in [0.29, 0.717) is 0 Å². The highest BCUT2D eigenvalue weighted by Gasteiger charge is 2.13. The van der Waals surface area contributed by atoms with E-state index in [1.165, 1.54) is 31.3 Å². The quantitative estimate of drug-likeness (QED) is 0.130. The van der Waals surface area contributed by atoms with Crippen molar-refractivity contribution in [3.8, 4) is 0 Å². The Kier molecular flexibility index (Phi) is 9.59. The van der Waals surface area contributed by atoms with Crippen molar-refractivity contribution in [3.05, 3.63) is 229 Å². The van der Waals surface area contributed by atoms with Crippen LogP contribution in [0.1, 0.15) is 22.3 Å². The molecule has 1 aromatic heterocycles. The average Bonchev–Trinajstić information content (AvgIpc) is 3.62. The van der Waals surface area contributed by atoms with Gasteiger partial charge in [0.1, 0.15) is 0 Å². The van der Waals surface area contributed by atoms with E-state index < -0.39 is 0 Å². The molecule has 0 aliphatic heterocycles. The van der Waals surface area contributed by atoms with Gasteiger partial charge in [-0.05, 0) is 119 Å². The Morgan fingerprint density at radius 3 is 0.873 bits per heavy atom. The van der Waals surface area contributed by atoms with Gasteiger partial charge >= 0.3 is 0 Å². The summed E-state index contributed by atoms with van der Waals surface area (Å²) in [5.74, 6) is 0. The zero-order chi connectivity index (χ0) is 36.8. The standard InChI is InChI=1S/C52H38N2S/c1-5-13-43(14-6-1)53(44-15-7-2-8-16-44)47-31-25-39(26-32-47)21-23-41-29-35-51-49(37-41)50-38-42(30-36-52(50)55-51)24-22-40-27-33-48(34-28-40)54(45-17-9-3-10-18-45)46-19-11-4-12-20-46/h1-38H/b23-21+,24-22+. The molecule has 0 aliphatic carbocycles. The van der Waals surface area contributed by atoms with E-state index in [0.717, 1.165) is 45.3 Å². The molecule has 0 atom stereocenters. The summed E-state index contributed by atoms with van der Waals surface area (Å²) in [6.07, 6.45) is 8.84. The van der Waals surface area contributed by atoms with Gasteiger partial charge in [0, 0.05) is 54.3 Å². The average molecular weight is 723 g/mol. The maximum atomic E-state index is 2.32. The van der Waals surface area contributed by atoms with Crippen LogP contribution in [0.2, 0.25) is 0 Å². The summed E-state index contributed by atoms with van der Waals surface area (Å²) in [5.41, 5.74) is 11.5.